The van der Waals surface area contributed by atoms with Crippen LogP contribution in [0.1, 0.15) is 6.23 Å². The van der Waals surface area contributed by atoms with E-state index in [4.69, 9.17) is 46.0 Å². The molecule has 0 amide bonds. The van der Waals surface area contributed by atoms with Gasteiger partial charge in [-0.2, -0.15) is 0 Å². The minimum atomic E-state index is -3.71. The van der Waals surface area contributed by atoms with E-state index in [2.05, 4.69) is 4.98 Å². The third-order valence-corrected chi connectivity index (χ3v) is 5.20. The number of rotatable bonds is 6. The largest absolute Gasteiger partial charge is 0.406 e. The third-order valence-electron chi connectivity index (χ3n) is 3.53. The molecule has 0 spiro atoms. The number of hydrogen-bond acceptors (Lipinski definition) is 8. The topological polar surface area (TPSA) is 132 Å². The van der Waals surface area contributed by atoms with Crippen molar-refractivity contribution in [2.24, 2.45) is 0 Å². The molecular weight excluding hydrogens is 373 g/mol. The molecular formula is C11H15B2N2O8PS. The molecule has 14 heteroatoms. The second kappa shape index (κ2) is 7.45. The Morgan fingerprint density at radius 3 is 2.52 bits per heavy atom. The van der Waals surface area contributed by atoms with E-state index >= 15 is 0 Å². The van der Waals surface area contributed by atoms with Crippen molar-refractivity contribution in [3.8, 4) is 0 Å². The Morgan fingerprint density at radius 2 is 2.04 bits per heavy atom. The molecule has 1 aromatic heterocycles. The van der Waals surface area contributed by atoms with Crippen LogP contribution in [0, 0.1) is 0 Å². The predicted molar refractivity (Wildman–Crippen MR) is 90.9 cm³/mol. The number of nitrogens with zero attached hydrogens (tertiary/aromatic N) is 1. The maximum atomic E-state index is 12.0. The summed E-state index contributed by atoms with van der Waals surface area (Å²) in [5.74, 6) is 0. The van der Waals surface area contributed by atoms with Gasteiger partial charge < -0.3 is 24.0 Å². The average molecular weight is 388 g/mol. The molecule has 0 aliphatic carbocycles. The van der Waals surface area contributed by atoms with Crippen molar-refractivity contribution in [1.29, 1.82) is 0 Å². The van der Waals surface area contributed by atoms with E-state index in [-0.39, 0.29) is 0 Å². The fraction of sp³-hybridized carbons (Fsp3) is 0.636. The molecule has 1 aromatic rings. The van der Waals surface area contributed by atoms with Crippen molar-refractivity contribution < 1.29 is 28.5 Å². The van der Waals surface area contributed by atoms with Crippen LogP contribution in [0.25, 0.3) is 0 Å². The first-order chi connectivity index (χ1) is 11.5. The van der Waals surface area contributed by atoms with Gasteiger partial charge in [0.25, 0.3) is 5.56 Å². The maximum absolute atomic E-state index is 12.0. The summed E-state index contributed by atoms with van der Waals surface area (Å²) >= 11 is 4.79. The van der Waals surface area contributed by atoms with Crippen LogP contribution in [0.3, 0.4) is 0 Å². The molecule has 1 aliphatic rings. The monoisotopic (exact) mass is 388 g/mol. The van der Waals surface area contributed by atoms with Gasteiger partial charge in [-0.05, 0) is 11.8 Å². The van der Waals surface area contributed by atoms with Gasteiger partial charge in [-0.15, -0.1) is 0 Å². The lowest BCUT2D eigenvalue weighted by Crippen LogP contribution is -2.51. The molecule has 0 aromatic carbocycles. The van der Waals surface area contributed by atoms with Crippen molar-refractivity contribution >= 4 is 34.2 Å². The zero-order valence-electron chi connectivity index (χ0n) is 13.3. The Bertz CT molecular complexity index is 780. The van der Waals surface area contributed by atoms with Crippen molar-refractivity contribution in [3.63, 3.8) is 0 Å². The maximum Gasteiger partial charge on any atom is 0.330 e. The Kier molecular flexibility index (Phi) is 6.12. The van der Waals surface area contributed by atoms with E-state index < -0.39 is 47.9 Å². The zero-order chi connectivity index (χ0) is 19.0. The minimum absolute atomic E-state index is 0.614. The van der Waals surface area contributed by atoms with Crippen LogP contribution in [-0.2, 0) is 30.3 Å². The van der Waals surface area contributed by atoms with E-state index in [0.29, 0.717) is 0 Å². The smallest absolute Gasteiger partial charge is 0.330 e. The van der Waals surface area contributed by atoms with Crippen molar-refractivity contribution in [2.75, 3.05) is 14.2 Å². The first-order valence-corrected chi connectivity index (χ1v) is 9.46. The molecule has 4 radical (unpaired) electrons. The van der Waals surface area contributed by atoms with Crippen LogP contribution < -0.4 is 11.2 Å². The summed E-state index contributed by atoms with van der Waals surface area (Å²) in [6, 6.07) is 1.09. The molecule has 134 valence electrons. The lowest BCUT2D eigenvalue weighted by Gasteiger charge is -2.32. The van der Waals surface area contributed by atoms with Gasteiger partial charge in [0.05, 0.1) is 0 Å². The average Bonchev–Trinajstić information content (AvgIpc) is 2.85. The highest BCUT2D eigenvalue weighted by atomic mass is 32.5. The number of hydrogen-bond donors (Lipinski definition) is 3. The molecule has 2 heterocycles. The summed E-state index contributed by atoms with van der Waals surface area (Å²) in [5, 5.41) is 7.54. The summed E-state index contributed by atoms with van der Waals surface area (Å²) in [7, 11) is 13.4. The van der Waals surface area contributed by atoms with Crippen LogP contribution in [0.5, 0.6) is 0 Å². The molecule has 1 fully saturated rings. The minimum Gasteiger partial charge on any atom is -0.406 e. The van der Waals surface area contributed by atoms with E-state index in [9.17, 15) is 19.6 Å². The molecule has 1 saturated heterocycles. The first-order valence-electron chi connectivity index (χ1n) is 6.87. The highest BCUT2D eigenvalue weighted by Crippen LogP contribution is 2.49. The summed E-state index contributed by atoms with van der Waals surface area (Å²) in [5.41, 5.74) is -1.41. The second-order valence-electron chi connectivity index (χ2n) is 5.27. The molecule has 1 aliphatic heterocycles. The molecule has 0 bridgehead atoms. The Labute approximate surface area is 150 Å². The van der Waals surface area contributed by atoms with Crippen LogP contribution in [0.15, 0.2) is 21.9 Å². The lowest BCUT2D eigenvalue weighted by atomic mass is 9.61. The van der Waals surface area contributed by atoms with Gasteiger partial charge in [0, 0.05) is 31.9 Å². The summed E-state index contributed by atoms with van der Waals surface area (Å²) in [6.07, 6.45) is -3.81. The standard InChI is InChI=1S/C11H15B2N2O8PS/c1-20-7-6(23-24(19,25)21-2)8(11(12,13)18)22-9(7)15-4-3-5(16)14-10(15)17/h3-4,6-9,18H,1-2H3,(H,19,25)(H,14,16,17). The van der Waals surface area contributed by atoms with Crippen LogP contribution in [0.2, 0.25) is 0 Å². The Balaban J connectivity index is 2.48. The molecule has 2 rings (SSSR count). The Hall–Kier alpha value is -0.780. The number of nitrogens with one attached hydrogen (secondary N) is 1. The molecule has 5 atom stereocenters. The van der Waals surface area contributed by atoms with Gasteiger partial charge in [0.2, 0.25) is 0 Å². The van der Waals surface area contributed by atoms with Gasteiger partial charge >= 0.3 is 12.4 Å². The molecule has 0 saturated carbocycles. The molecule has 10 nitrogen and oxygen atoms in total. The fourth-order valence-electron chi connectivity index (χ4n) is 2.43. The number of methoxy groups -OCH3 is 1. The summed E-state index contributed by atoms with van der Waals surface area (Å²) < 4.78 is 21.8. The van der Waals surface area contributed by atoms with Crippen LogP contribution >= 0.6 is 6.72 Å². The number of H-pyrrole nitrogens is 1. The second-order valence-corrected chi connectivity index (χ2v) is 8.17. The fourth-order valence-corrected chi connectivity index (χ4v) is 3.35. The van der Waals surface area contributed by atoms with Gasteiger partial charge in [-0.3, -0.25) is 18.9 Å². The Morgan fingerprint density at radius 1 is 1.40 bits per heavy atom. The highest BCUT2D eigenvalue weighted by molar-refractivity contribution is 8.07. The molecule has 5 unspecified atom stereocenters. The summed E-state index contributed by atoms with van der Waals surface area (Å²) in [4.78, 5) is 35.2. The van der Waals surface area contributed by atoms with Gasteiger partial charge in [0.1, 0.15) is 34.0 Å². The number of ether oxygens (including phenoxy) is 2. The summed E-state index contributed by atoms with van der Waals surface area (Å²) in [6.45, 7) is -3.71. The lowest BCUT2D eigenvalue weighted by molar-refractivity contribution is -0.0789. The van der Waals surface area contributed by atoms with Gasteiger partial charge in [-0.1, -0.05) is 0 Å². The number of aromatic amines is 1. The van der Waals surface area contributed by atoms with Crippen LogP contribution in [-0.4, -0.2) is 73.2 Å². The number of aliphatic hydroxyl groups is 1. The van der Waals surface area contributed by atoms with E-state index in [0.717, 1.165) is 23.9 Å². The third kappa shape index (κ3) is 4.50. The SMILES string of the molecule is [B]C([B])(O)C1OC(n2ccc(=O)[nH]c2=O)C(OC)C1OP(O)(=S)OC. The van der Waals surface area contributed by atoms with E-state index in [1.54, 1.807) is 0 Å². The first kappa shape index (κ1) is 20.5. The predicted octanol–water partition coefficient (Wildman–Crippen LogP) is -2.32. The van der Waals surface area contributed by atoms with Gasteiger partial charge in [0.15, 0.2) is 6.23 Å². The van der Waals surface area contributed by atoms with Crippen molar-refractivity contribution in [1.82, 2.24) is 9.55 Å². The van der Waals surface area contributed by atoms with Crippen LogP contribution in [0.4, 0.5) is 0 Å². The molecule has 25 heavy (non-hydrogen) atoms. The number of aromatic nitrogens is 2. The van der Waals surface area contributed by atoms with E-state index in [1.807, 2.05) is 0 Å². The zero-order valence-corrected chi connectivity index (χ0v) is 15.0. The van der Waals surface area contributed by atoms with Crippen molar-refractivity contribution in [3.05, 3.63) is 33.1 Å². The van der Waals surface area contributed by atoms with Gasteiger partial charge in [-0.25, -0.2) is 4.79 Å². The van der Waals surface area contributed by atoms with Crippen molar-refractivity contribution in [2.45, 2.75) is 29.9 Å². The quantitative estimate of drug-likeness (QED) is 0.363. The van der Waals surface area contributed by atoms with E-state index in [1.165, 1.54) is 7.11 Å². The molecule has 3 N–H and O–H groups in total. The highest BCUT2D eigenvalue weighted by Gasteiger charge is 2.53. The normalized spacial score (nSPS) is 29.4.